The van der Waals surface area contributed by atoms with Gasteiger partial charge in [0.05, 0.1) is 12.1 Å². The highest BCUT2D eigenvalue weighted by Gasteiger charge is 2.42. The summed E-state index contributed by atoms with van der Waals surface area (Å²) in [5.74, 6) is 1.62. The quantitative estimate of drug-likeness (QED) is 0.669. The van der Waals surface area contributed by atoms with Crippen LogP contribution in [0.25, 0.3) is 0 Å². The van der Waals surface area contributed by atoms with Crippen LogP contribution >= 0.6 is 0 Å². The Morgan fingerprint density at radius 1 is 1.53 bits per heavy atom. The number of aliphatic hydroxyl groups excluding tert-OH is 1. The zero-order valence-corrected chi connectivity index (χ0v) is 9.94. The molecule has 0 aromatic carbocycles. The Balaban J connectivity index is 2.08. The van der Waals surface area contributed by atoms with Crippen LogP contribution in [0.15, 0.2) is 6.07 Å². The molecule has 1 aromatic rings. The zero-order chi connectivity index (χ0) is 12.3. The number of anilines is 2. The average Bonchev–Trinajstić information content (AvgIpc) is 3.06. The largest absolute Gasteiger partial charge is 0.394 e. The maximum absolute atomic E-state index is 9.24. The molecule has 0 aliphatic heterocycles. The molecule has 1 aliphatic rings. The molecule has 1 saturated carbocycles. The van der Waals surface area contributed by atoms with Gasteiger partial charge >= 0.3 is 0 Å². The second-order valence-corrected chi connectivity index (χ2v) is 4.29. The van der Waals surface area contributed by atoms with Crippen molar-refractivity contribution in [1.82, 2.24) is 9.97 Å². The molecule has 1 fully saturated rings. The van der Waals surface area contributed by atoms with E-state index in [9.17, 15) is 5.11 Å². The summed E-state index contributed by atoms with van der Waals surface area (Å²) in [6, 6.07) is 1.67. The Bertz CT molecular complexity index is 393. The molecule has 1 aromatic heterocycles. The first-order valence-electron chi connectivity index (χ1n) is 5.78. The molecule has 6 heteroatoms. The number of hydrogen-bond acceptors (Lipinski definition) is 6. The summed E-state index contributed by atoms with van der Waals surface area (Å²) >= 11 is 0. The van der Waals surface area contributed by atoms with E-state index >= 15 is 0 Å². The van der Waals surface area contributed by atoms with Crippen LogP contribution < -0.4 is 11.1 Å². The van der Waals surface area contributed by atoms with Gasteiger partial charge in [-0.1, -0.05) is 0 Å². The van der Waals surface area contributed by atoms with Crippen molar-refractivity contribution in [2.75, 3.05) is 24.3 Å². The monoisotopic (exact) mass is 238 g/mol. The fourth-order valence-corrected chi connectivity index (χ4v) is 1.58. The number of nitrogens with zero attached hydrogens (tertiary/aromatic N) is 2. The van der Waals surface area contributed by atoms with Gasteiger partial charge in [0.1, 0.15) is 18.2 Å². The zero-order valence-electron chi connectivity index (χ0n) is 9.94. The molecule has 1 aliphatic carbocycles. The summed E-state index contributed by atoms with van der Waals surface area (Å²) in [4.78, 5) is 8.39. The molecule has 2 rings (SSSR count). The summed E-state index contributed by atoms with van der Waals surface area (Å²) in [7, 11) is 0. The van der Waals surface area contributed by atoms with Crippen molar-refractivity contribution in [2.45, 2.75) is 31.9 Å². The van der Waals surface area contributed by atoms with Crippen LogP contribution in [0.1, 0.15) is 25.6 Å². The molecule has 4 N–H and O–H groups in total. The fourth-order valence-electron chi connectivity index (χ4n) is 1.58. The topological polar surface area (TPSA) is 93.3 Å². The van der Waals surface area contributed by atoms with Gasteiger partial charge < -0.3 is 20.9 Å². The highest BCUT2D eigenvalue weighted by molar-refractivity contribution is 5.47. The minimum absolute atomic E-state index is 0.109. The van der Waals surface area contributed by atoms with Crippen molar-refractivity contribution in [1.29, 1.82) is 0 Å². The number of aliphatic hydroxyl groups is 1. The van der Waals surface area contributed by atoms with Gasteiger partial charge in [0, 0.05) is 12.7 Å². The Morgan fingerprint density at radius 3 is 2.88 bits per heavy atom. The lowest BCUT2D eigenvalue weighted by atomic mass is 10.3. The molecule has 6 nitrogen and oxygen atoms in total. The third-order valence-corrected chi connectivity index (χ3v) is 2.78. The molecule has 0 spiro atoms. The average molecular weight is 238 g/mol. The molecule has 0 unspecified atom stereocenters. The molecule has 17 heavy (non-hydrogen) atoms. The molecular formula is C11H18N4O2. The lowest BCUT2D eigenvalue weighted by Crippen LogP contribution is -2.26. The SMILES string of the molecule is CCOCc1nc(N)cc(NC2(CO)CC2)n1. The van der Waals surface area contributed by atoms with Crippen LogP contribution in [0.2, 0.25) is 0 Å². The van der Waals surface area contributed by atoms with E-state index < -0.39 is 0 Å². The fraction of sp³-hybridized carbons (Fsp3) is 0.636. The summed E-state index contributed by atoms with van der Waals surface area (Å²) in [6.45, 7) is 2.98. The van der Waals surface area contributed by atoms with Crippen molar-refractivity contribution >= 4 is 11.6 Å². The van der Waals surface area contributed by atoms with Crippen molar-refractivity contribution in [3.05, 3.63) is 11.9 Å². The van der Waals surface area contributed by atoms with Gasteiger partial charge in [-0.05, 0) is 19.8 Å². The van der Waals surface area contributed by atoms with E-state index in [0.29, 0.717) is 30.7 Å². The smallest absolute Gasteiger partial charge is 0.158 e. The Labute approximate surface area is 100 Å². The van der Waals surface area contributed by atoms with Gasteiger partial charge in [-0.25, -0.2) is 9.97 Å². The summed E-state index contributed by atoms with van der Waals surface area (Å²) in [5.41, 5.74) is 5.50. The molecular weight excluding hydrogens is 220 g/mol. The van der Waals surface area contributed by atoms with Gasteiger partial charge in [-0.2, -0.15) is 0 Å². The second-order valence-electron chi connectivity index (χ2n) is 4.29. The van der Waals surface area contributed by atoms with Gasteiger partial charge in [0.15, 0.2) is 5.82 Å². The van der Waals surface area contributed by atoms with E-state index in [-0.39, 0.29) is 12.1 Å². The predicted molar refractivity (Wildman–Crippen MR) is 64.4 cm³/mol. The lowest BCUT2D eigenvalue weighted by Gasteiger charge is -2.15. The van der Waals surface area contributed by atoms with Crippen molar-refractivity contribution in [2.24, 2.45) is 0 Å². The van der Waals surface area contributed by atoms with E-state index in [0.717, 1.165) is 12.8 Å². The Hall–Kier alpha value is -1.40. The van der Waals surface area contributed by atoms with E-state index in [4.69, 9.17) is 10.5 Å². The van der Waals surface area contributed by atoms with Crippen molar-refractivity contribution in [3.63, 3.8) is 0 Å². The molecule has 0 amide bonds. The maximum atomic E-state index is 9.24. The minimum Gasteiger partial charge on any atom is -0.394 e. The van der Waals surface area contributed by atoms with E-state index in [1.807, 2.05) is 6.92 Å². The molecule has 0 saturated heterocycles. The van der Waals surface area contributed by atoms with Gasteiger partial charge in [-0.15, -0.1) is 0 Å². The first-order chi connectivity index (χ1) is 8.17. The van der Waals surface area contributed by atoms with Crippen LogP contribution in [-0.4, -0.2) is 33.8 Å². The van der Waals surface area contributed by atoms with Crippen LogP contribution in [0.3, 0.4) is 0 Å². The molecule has 0 atom stereocenters. The third kappa shape index (κ3) is 3.04. The van der Waals surface area contributed by atoms with E-state index in [1.54, 1.807) is 6.07 Å². The first-order valence-corrected chi connectivity index (χ1v) is 5.78. The second kappa shape index (κ2) is 4.85. The molecule has 0 radical (unpaired) electrons. The van der Waals surface area contributed by atoms with Crippen LogP contribution in [-0.2, 0) is 11.3 Å². The lowest BCUT2D eigenvalue weighted by molar-refractivity contribution is 0.128. The van der Waals surface area contributed by atoms with Crippen LogP contribution in [0.5, 0.6) is 0 Å². The maximum Gasteiger partial charge on any atom is 0.158 e. The van der Waals surface area contributed by atoms with Crippen molar-refractivity contribution in [3.8, 4) is 0 Å². The van der Waals surface area contributed by atoms with Gasteiger partial charge in [0.2, 0.25) is 0 Å². The van der Waals surface area contributed by atoms with Crippen molar-refractivity contribution < 1.29 is 9.84 Å². The molecule has 94 valence electrons. The summed E-state index contributed by atoms with van der Waals surface area (Å²) in [5, 5.41) is 12.4. The molecule has 0 bridgehead atoms. The number of hydrogen-bond donors (Lipinski definition) is 3. The standard InChI is InChI=1S/C11H18N4O2/c1-2-17-6-10-13-8(12)5-9(14-10)15-11(7-16)3-4-11/h5,16H,2-4,6-7H2,1H3,(H3,12,13,14,15). The van der Waals surface area contributed by atoms with Gasteiger partial charge in [-0.3, -0.25) is 0 Å². The number of nitrogen functional groups attached to an aromatic ring is 1. The minimum atomic E-state index is -0.205. The normalized spacial score (nSPS) is 16.8. The third-order valence-electron chi connectivity index (χ3n) is 2.78. The number of rotatable bonds is 6. The van der Waals surface area contributed by atoms with Gasteiger partial charge in [0.25, 0.3) is 0 Å². The number of nitrogens with one attached hydrogen (secondary N) is 1. The summed E-state index contributed by atoms with van der Waals surface area (Å²) < 4.78 is 5.24. The Morgan fingerprint density at radius 2 is 2.29 bits per heavy atom. The molecule has 1 heterocycles. The number of ether oxygens (including phenoxy) is 1. The van der Waals surface area contributed by atoms with Crippen LogP contribution in [0.4, 0.5) is 11.6 Å². The number of nitrogens with two attached hydrogens (primary N) is 1. The van der Waals surface area contributed by atoms with E-state index in [2.05, 4.69) is 15.3 Å². The van der Waals surface area contributed by atoms with E-state index in [1.165, 1.54) is 0 Å². The predicted octanol–water partition coefficient (Wildman–Crippen LogP) is 0.532. The highest BCUT2D eigenvalue weighted by atomic mass is 16.5. The Kier molecular flexibility index (Phi) is 3.44. The van der Waals surface area contributed by atoms with Crippen LogP contribution in [0, 0.1) is 0 Å². The highest BCUT2D eigenvalue weighted by Crippen LogP contribution is 2.37. The first kappa shape index (κ1) is 12.1. The number of aromatic nitrogens is 2. The summed E-state index contributed by atoms with van der Waals surface area (Å²) in [6.07, 6.45) is 1.91.